The number of nitrogens with one attached hydrogen (secondary N) is 1. The lowest BCUT2D eigenvalue weighted by Crippen LogP contribution is -2.47. The number of hydrogen-bond donors (Lipinski definition) is 2. The molecule has 214 valence electrons. The number of carboxylic acids is 1. The number of alkyl halides is 3. The van der Waals surface area contributed by atoms with Crippen LogP contribution >= 0.6 is 0 Å². The largest absolute Gasteiger partial charge is 0.494 e. The summed E-state index contributed by atoms with van der Waals surface area (Å²) in [5.74, 6) is -1.85. The third-order valence-corrected chi connectivity index (χ3v) is 6.36. The summed E-state index contributed by atoms with van der Waals surface area (Å²) in [5.41, 5.74) is 0.649. The van der Waals surface area contributed by atoms with E-state index in [0.717, 1.165) is 58.0 Å². The van der Waals surface area contributed by atoms with Gasteiger partial charge in [0, 0.05) is 51.3 Å². The fourth-order valence-corrected chi connectivity index (χ4v) is 4.33. The molecule has 0 spiro atoms. The number of ether oxygens (including phenoxy) is 1. The molecule has 2 aliphatic heterocycles. The number of amides is 2. The molecule has 0 aromatic heterocycles. The number of carbonyl (C=O) groups excluding carboxylic acids is 2. The van der Waals surface area contributed by atoms with Crippen molar-refractivity contribution in [3.63, 3.8) is 0 Å². The SMILES string of the molecule is CCOc1ccc(C(=O)N(CCCN2CCCCC2)CCC(=O)N2CCNCC2)cc1.O=C(O)C(F)(F)F. The molecule has 1 aromatic rings. The van der Waals surface area contributed by atoms with Gasteiger partial charge in [-0.3, -0.25) is 9.59 Å². The smallest absolute Gasteiger partial charge is 0.490 e. The van der Waals surface area contributed by atoms with Gasteiger partial charge < -0.3 is 29.9 Å². The van der Waals surface area contributed by atoms with Crippen molar-refractivity contribution in [1.29, 1.82) is 0 Å². The minimum absolute atomic E-state index is 0.00481. The second-order valence-corrected chi connectivity index (χ2v) is 9.19. The Hall–Kier alpha value is -2.86. The first-order valence-corrected chi connectivity index (χ1v) is 13.1. The Labute approximate surface area is 221 Å². The molecule has 0 saturated carbocycles. The van der Waals surface area contributed by atoms with Crippen LogP contribution in [0.2, 0.25) is 0 Å². The molecule has 2 amide bonds. The van der Waals surface area contributed by atoms with Crippen LogP contribution in [-0.4, -0.2) is 109 Å². The van der Waals surface area contributed by atoms with E-state index in [-0.39, 0.29) is 11.8 Å². The van der Waals surface area contributed by atoms with E-state index in [1.165, 1.54) is 19.3 Å². The van der Waals surface area contributed by atoms with E-state index in [9.17, 15) is 22.8 Å². The number of rotatable bonds is 10. The molecule has 0 bridgehead atoms. The van der Waals surface area contributed by atoms with E-state index in [0.29, 0.717) is 31.7 Å². The van der Waals surface area contributed by atoms with E-state index in [4.69, 9.17) is 14.6 Å². The Bertz CT molecular complexity index is 871. The van der Waals surface area contributed by atoms with Crippen LogP contribution in [0.4, 0.5) is 13.2 Å². The molecular formula is C26H39F3N4O5. The number of aliphatic carboxylic acids is 1. The normalized spacial score (nSPS) is 16.3. The van der Waals surface area contributed by atoms with Crippen molar-refractivity contribution >= 4 is 17.8 Å². The maximum Gasteiger partial charge on any atom is 0.490 e. The number of halogens is 3. The molecule has 2 heterocycles. The Balaban J connectivity index is 0.000000638. The monoisotopic (exact) mass is 544 g/mol. The van der Waals surface area contributed by atoms with Gasteiger partial charge in [-0.25, -0.2) is 4.79 Å². The van der Waals surface area contributed by atoms with Crippen molar-refractivity contribution in [2.75, 3.05) is 65.5 Å². The molecule has 2 fully saturated rings. The average Bonchev–Trinajstić information content (AvgIpc) is 2.91. The van der Waals surface area contributed by atoms with Gasteiger partial charge in [0.05, 0.1) is 6.61 Å². The van der Waals surface area contributed by atoms with E-state index in [1.54, 1.807) is 0 Å². The molecule has 2 saturated heterocycles. The van der Waals surface area contributed by atoms with Crippen molar-refractivity contribution in [1.82, 2.24) is 20.0 Å². The summed E-state index contributed by atoms with van der Waals surface area (Å²) in [4.78, 5) is 41.0. The van der Waals surface area contributed by atoms with Crippen LogP contribution in [0, 0.1) is 0 Å². The number of hydrogen-bond acceptors (Lipinski definition) is 6. The molecule has 0 unspecified atom stereocenters. The Morgan fingerprint density at radius 2 is 1.61 bits per heavy atom. The highest BCUT2D eigenvalue weighted by atomic mass is 19.4. The van der Waals surface area contributed by atoms with Crippen LogP contribution in [0.1, 0.15) is 49.4 Å². The number of nitrogens with zero attached hydrogens (tertiary/aromatic N) is 3. The fourth-order valence-electron chi connectivity index (χ4n) is 4.33. The predicted octanol–water partition coefficient (Wildman–Crippen LogP) is 2.86. The van der Waals surface area contributed by atoms with Crippen LogP contribution in [0.5, 0.6) is 5.75 Å². The second-order valence-electron chi connectivity index (χ2n) is 9.19. The van der Waals surface area contributed by atoms with Crippen molar-refractivity contribution in [2.45, 2.75) is 45.2 Å². The van der Waals surface area contributed by atoms with Gasteiger partial charge in [-0.1, -0.05) is 6.42 Å². The summed E-state index contributed by atoms with van der Waals surface area (Å²) < 4.78 is 37.2. The fraction of sp³-hybridized carbons (Fsp3) is 0.654. The van der Waals surface area contributed by atoms with E-state index < -0.39 is 12.1 Å². The first kappa shape index (κ1) is 31.4. The Morgan fingerprint density at radius 3 is 2.16 bits per heavy atom. The lowest BCUT2D eigenvalue weighted by Gasteiger charge is -2.30. The zero-order chi connectivity index (χ0) is 28.0. The summed E-state index contributed by atoms with van der Waals surface area (Å²) in [6, 6.07) is 7.33. The third-order valence-electron chi connectivity index (χ3n) is 6.36. The molecule has 2 N–H and O–H groups in total. The Morgan fingerprint density at radius 1 is 1.00 bits per heavy atom. The molecule has 1 aromatic carbocycles. The molecule has 0 radical (unpaired) electrons. The van der Waals surface area contributed by atoms with Gasteiger partial charge in [0.2, 0.25) is 5.91 Å². The topological polar surface area (TPSA) is 102 Å². The minimum Gasteiger partial charge on any atom is -0.494 e. The molecule has 9 nitrogen and oxygen atoms in total. The van der Waals surface area contributed by atoms with Crippen LogP contribution in [0.25, 0.3) is 0 Å². The highest BCUT2D eigenvalue weighted by Crippen LogP contribution is 2.16. The van der Waals surface area contributed by atoms with Crippen molar-refractivity contribution in [2.24, 2.45) is 0 Å². The van der Waals surface area contributed by atoms with E-state index in [2.05, 4.69) is 10.2 Å². The molecule has 0 aliphatic carbocycles. The quantitative estimate of drug-likeness (QED) is 0.467. The zero-order valence-corrected chi connectivity index (χ0v) is 22.0. The number of piperidine rings is 1. The lowest BCUT2D eigenvalue weighted by molar-refractivity contribution is -0.192. The summed E-state index contributed by atoms with van der Waals surface area (Å²) in [7, 11) is 0. The maximum atomic E-state index is 13.2. The molecule has 38 heavy (non-hydrogen) atoms. The van der Waals surface area contributed by atoms with Crippen molar-refractivity contribution < 1.29 is 37.4 Å². The molecular weight excluding hydrogens is 505 g/mol. The molecule has 0 atom stereocenters. The summed E-state index contributed by atoms with van der Waals surface area (Å²) in [6.07, 6.45) is 0.103. The van der Waals surface area contributed by atoms with Gasteiger partial charge in [-0.15, -0.1) is 0 Å². The van der Waals surface area contributed by atoms with E-state index >= 15 is 0 Å². The lowest BCUT2D eigenvalue weighted by atomic mass is 10.1. The summed E-state index contributed by atoms with van der Waals surface area (Å²) in [5, 5.41) is 10.4. The van der Waals surface area contributed by atoms with E-state index in [1.807, 2.05) is 41.0 Å². The van der Waals surface area contributed by atoms with Crippen LogP contribution in [0.3, 0.4) is 0 Å². The first-order chi connectivity index (χ1) is 18.1. The number of carbonyl (C=O) groups is 3. The van der Waals surface area contributed by atoms with Crippen molar-refractivity contribution in [3.05, 3.63) is 29.8 Å². The van der Waals surface area contributed by atoms with Crippen LogP contribution in [-0.2, 0) is 9.59 Å². The van der Waals surface area contributed by atoms with Crippen molar-refractivity contribution in [3.8, 4) is 5.75 Å². The first-order valence-electron chi connectivity index (χ1n) is 13.1. The highest BCUT2D eigenvalue weighted by molar-refractivity contribution is 5.94. The van der Waals surface area contributed by atoms with Gasteiger partial charge >= 0.3 is 12.1 Å². The molecule has 12 heteroatoms. The second kappa shape index (κ2) is 16.2. The van der Waals surface area contributed by atoms with Gasteiger partial charge in [0.15, 0.2) is 0 Å². The number of benzene rings is 1. The zero-order valence-electron chi connectivity index (χ0n) is 22.0. The number of piperazine rings is 1. The molecule has 2 aliphatic rings. The summed E-state index contributed by atoms with van der Waals surface area (Å²) >= 11 is 0. The average molecular weight is 545 g/mol. The minimum atomic E-state index is -5.08. The van der Waals surface area contributed by atoms with Gasteiger partial charge in [0.1, 0.15) is 5.75 Å². The third kappa shape index (κ3) is 11.3. The van der Waals surface area contributed by atoms with Crippen LogP contribution < -0.4 is 10.1 Å². The standard InChI is InChI=1S/C24H38N4O3.C2HF3O2/c1-2-31-22-9-7-21(8-10-22)24(30)28(17-6-16-26-14-4-3-5-15-26)18-11-23(29)27-19-12-25-13-20-27;3-2(4,5)1(6)7/h7-10,25H,2-6,11-20H2,1H3;(H,6,7). The molecule has 3 rings (SSSR count). The van der Waals surface area contributed by atoms with Gasteiger partial charge in [0.25, 0.3) is 5.91 Å². The van der Waals surface area contributed by atoms with Gasteiger partial charge in [-0.05, 0) is 70.1 Å². The predicted molar refractivity (Wildman–Crippen MR) is 136 cm³/mol. The van der Waals surface area contributed by atoms with Gasteiger partial charge in [-0.2, -0.15) is 13.2 Å². The van der Waals surface area contributed by atoms with Crippen LogP contribution in [0.15, 0.2) is 24.3 Å². The number of carboxylic acid groups (broad SMARTS) is 1. The summed E-state index contributed by atoms with van der Waals surface area (Å²) in [6.45, 7) is 10.2. The highest BCUT2D eigenvalue weighted by Gasteiger charge is 2.38. The number of likely N-dealkylation sites (tertiary alicyclic amines) is 1. The Kier molecular flexibility index (Phi) is 13.4. The maximum absolute atomic E-state index is 13.2.